The van der Waals surface area contributed by atoms with Gasteiger partial charge in [-0.25, -0.2) is 9.59 Å². The molecule has 0 rings (SSSR count). The van der Waals surface area contributed by atoms with Crippen LogP contribution in [-0.2, 0) is 48.3 Å². The van der Waals surface area contributed by atoms with Gasteiger partial charge < -0.3 is 19.5 Å². The summed E-state index contributed by atoms with van der Waals surface area (Å²) in [6.07, 6.45) is 1.26. The van der Waals surface area contributed by atoms with Crippen molar-refractivity contribution in [3.8, 4) is 0 Å². The first-order valence-electron chi connectivity index (χ1n) is 11.3. The van der Waals surface area contributed by atoms with Gasteiger partial charge in [-0.15, -0.1) is 0 Å². The smallest absolute Gasteiger partial charge is 0.338 e. The molecule has 1 unspecified atom stereocenters. The molecule has 0 aliphatic carbocycles. The maximum atomic E-state index is 11.9. The molecule has 0 radical (unpaired) electrons. The molecule has 0 aromatic rings. The predicted molar refractivity (Wildman–Crippen MR) is 134 cm³/mol. The molecule has 0 fully saturated rings. The van der Waals surface area contributed by atoms with Gasteiger partial charge in [-0.05, 0) is 26.2 Å². The summed E-state index contributed by atoms with van der Waals surface area (Å²) in [5.41, 5.74) is -0.285. The molecular formula is C24H37NO11S. The predicted octanol–water partition coefficient (Wildman–Crippen LogP) is 2.06. The second-order valence-corrected chi connectivity index (χ2v) is 9.65. The Morgan fingerprint density at radius 1 is 0.865 bits per heavy atom. The minimum absolute atomic E-state index is 0.0324. The quantitative estimate of drug-likeness (QED) is 0.0583. The van der Waals surface area contributed by atoms with Gasteiger partial charge in [0.2, 0.25) is 0 Å². The molecule has 1 amide bonds. The summed E-state index contributed by atoms with van der Waals surface area (Å²) in [5, 5.41) is 0.615. The molecule has 0 aromatic heterocycles. The number of hydrogen-bond acceptors (Lipinski definition) is 10. The maximum absolute atomic E-state index is 11.9. The van der Waals surface area contributed by atoms with Gasteiger partial charge in [0.25, 0.3) is 16.0 Å². The first kappa shape index (κ1) is 35.8. The van der Waals surface area contributed by atoms with Crippen molar-refractivity contribution in [2.45, 2.75) is 59.3 Å². The van der Waals surface area contributed by atoms with Crippen molar-refractivity contribution >= 4 is 39.7 Å². The van der Waals surface area contributed by atoms with Gasteiger partial charge in [-0.1, -0.05) is 46.9 Å². The normalized spacial score (nSPS) is 11.2. The second-order valence-electron chi connectivity index (χ2n) is 8.12. The van der Waals surface area contributed by atoms with Crippen LogP contribution < -0.4 is 5.32 Å². The van der Waals surface area contributed by atoms with Crippen molar-refractivity contribution in [1.29, 1.82) is 0 Å². The molecule has 2 N–H and O–H groups in total. The first-order valence-corrected chi connectivity index (χ1v) is 12.8. The van der Waals surface area contributed by atoms with Crippen LogP contribution in [0.1, 0.15) is 53.9 Å². The minimum atomic E-state index is -4.48. The van der Waals surface area contributed by atoms with Gasteiger partial charge in [0, 0.05) is 11.1 Å². The number of ketones is 1. The number of nitrogens with one attached hydrogen (secondary N) is 1. The zero-order valence-electron chi connectivity index (χ0n) is 22.0. The van der Waals surface area contributed by atoms with E-state index in [1.54, 1.807) is 0 Å². The van der Waals surface area contributed by atoms with Crippen molar-refractivity contribution in [2.24, 2.45) is 5.92 Å². The SMILES string of the molecule is C=C(C(=C)C(=O)OCCCC)C(=O)NC(C(C)C)S(=O)(=O)O.C=C(C)C(=O)OCCOC(=O)CC(C)=O. The fourth-order valence-corrected chi connectivity index (χ4v) is 3.07. The molecule has 210 valence electrons. The third kappa shape index (κ3) is 16.9. The Morgan fingerprint density at radius 2 is 1.38 bits per heavy atom. The van der Waals surface area contributed by atoms with Crippen LogP contribution in [0.3, 0.4) is 0 Å². The molecule has 0 aliphatic heterocycles. The fourth-order valence-electron chi connectivity index (χ4n) is 2.13. The number of unbranched alkanes of at least 4 members (excludes halogenated alkanes) is 1. The average Bonchev–Trinajstić information content (AvgIpc) is 2.77. The molecule has 12 nitrogen and oxygen atoms in total. The molecule has 0 bridgehead atoms. The zero-order chi connectivity index (χ0) is 29.3. The van der Waals surface area contributed by atoms with Gasteiger partial charge in [0.05, 0.1) is 12.2 Å². The van der Waals surface area contributed by atoms with Crippen LogP contribution in [0.2, 0.25) is 0 Å². The lowest BCUT2D eigenvalue weighted by atomic mass is 10.1. The van der Waals surface area contributed by atoms with Gasteiger partial charge >= 0.3 is 17.9 Å². The van der Waals surface area contributed by atoms with Crippen molar-refractivity contribution in [1.82, 2.24) is 5.32 Å². The highest BCUT2D eigenvalue weighted by atomic mass is 32.2. The number of rotatable bonds is 15. The maximum Gasteiger partial charge on any atom is 0.338 e. The van der Waals surface area contributed by atoms with E-state index in [9.17, 15) is 32.4 Å². The summed E-state index contributed by atoms with van der Waals surface area (Å²) < 4.78 is 45.7. The molecule has 1 atom stereocenters. The summed E-state index contributed by atoms with van der Waals surface area (Å²) in [4.78, 5) is 55.7. The molecule has 13 heteroatoms. The van der Waals surface area contributed by atoms with Crippen LogP contribution >= 0.6 is 0 Å². The number of carbonyl (C=O) groups excluding carboxylic acids is 5. The van der Waals surface area contributed by atoms with Crippen molar-refractivity contribution in [2.75, 3.05) is 19.8 Å². The molecule has 0 aromatic carbocycles. The van der Waals surface area contributed by atoms with E-state index in [1.807, 2.05) is 6.92 Å². The van der Waals surface area contributed by atoms with Crippen LogP contribution in [-0.4, -0.2) is 67.8 Å². The van der Waals surface area contributed by atoms with E-state index in [0.29, 0.717) is 6.42 Å². The van der Waals surface area contributed by atoms with Gasteiger partial charge in [-0.2, -0.15) is 8.42 Å². The number of Topliss-reactive ketones (excluding diaryl/α,β-unsaturated/α-hetero) is 1. The van der Waals surface area contributed by atoms with Crippen LogP contribution in [0.4, 0.5) is 0 Å². The Balaban J connectivity index is 0. The van der Waals surface area contributed by atoms with E-state index < -0.39 is 45.2 Å². The van der Waals surface area contributed by atoms with Crippen molar-refractivity contribution in [3.63, 3.8) is 0 Å². The largest absolute Gasteiger partial charge is 0.462 e. The van der Waals surface area contributed by atoms with E-state index in [0.717, 1.165) is 6.42 Å². The molecule has 0 saturated carbocycles. The number of carbonyl (C=O) groups is 5. The summed E-state index contributed by atoms with van der Waals surface area (Å²) in [7, 11) is -4.48. The second kappa shape index (κ2) is 18.0. The third-order valence-corrected chi connectivity index (χ3v) is 5.44. The molecule has 0 spiro atoms. The Morgan fingerprint density at radius 3 is 1.81 bits per heavy atom. The number of ether oxygens (including phenoxy) is 3. The standard InChI is InChI=1S/C14H23NO6S.C10H14O5/c1-6-7-8-21-14(17)11(5)10(4)12(16)15-13(9(2)3)22(18,19)20;1-7(2)10(13)15-5-4-14-9(12)6-8(3)11/h9,13H,4-8H2,1-3H3,(H,15,16)(H,18,19,20);1,4-6H2,2-3H3. The van der Waals surface area contributed by atoms with E-state index in [4.69, 9.17) is 9.29 Å². The van der Waals surface area contributed by atoms with Crippen LogP contribution in [0.15, 0.2) is 36.5 Å². The lowest BCUT2D eigenvalue weighted by Crippen LogP contribution is -2.44. The zero-order valence-corrected chi connectivity index (χ0v) is 22.8. The Hall–Kier alpha value is -3.32. The molecular weight excluding hydrogens is 510 g/mol. The van der Waals surface area contributed by atoms with E-state index in [-0.39, 0.29) is 48.7 Å². The van der Waals surface area contributed by atoms with Gasteiger partial charge in [0.1, 0.15) is 25.4 Å². The van der Waals surface area contributed by atoms with Crippen LogP contribution in [0.25, 0.3) is 0 Å². The molecule has 0 heterocycles. The van der Waals surface area contributed by atoms with Crippen molar-refractivity contribution in [3.05, 3.63) is 36.5 Å². The molecule has 37 heavy (non-hydrogen) atoms. The lowest BCUT2D eigenvalue weighted by molar-refractivity contribution is -0.151. The van der Waals surface area contributed by atoms with E-state index in [1.165, 1.54) is 27.7 Å². The number of amides is 1. The fraction of sp³-hybridized carbons (Fsp3) is 0.542. The number of esters is 3. The lowest BCUT2D eigenvalue weighted by Gasteiger charge is -2.20. The first-order chi connectivity index (χ1) is 16.9. The van der Waals surface area contributed by atoms with E-state index in [2.05, 4.69) is 34.5 Å². The highest BCUT2D eigenvalue weighted by Crippen LogP contribution is 2.13. The van der Waals surface area contributed by atoms with Gasteiger partial charge in [0.15, 0.2) is 5.37 Å². The Bertz CT molecular complexity index is 981. The summed E-state index contributed by atoms with van der Waals surface area (Å²) >= 11 is 0. The monoisotopic (exact) mass is 547 g/mol. The summed E-state index contributed by atoms with van der Waals surface area (Å²) in [5.74, 6) is -3.68. The highest BCUT2D eigenvalue weighted by molar-refractivity contribution is 7.86. The average molecular weight is 548 g/mol. The Labute approximate surface area is 217 Å². The van der Waals surface area contributed by atoms with Crippen molar-refractivity contribution < 1.29 is 51.2 Å². The number of hydrogen-bond donors (Lipinski definition) is 2. The molecule has 0 saturated heterocycles. The Kier molecular flexibility index (Phi) is 17.4. The molecule has 0 aliphatic rings. The summed E-state index contributed by atoms with van der Waals surface area (Å²) in [6.45, 7) is 18.1. The highest BCUT2D eigenvalue weighted by Gasteiger charge is 2.30. The summed E-state index contributed by atoms with van der Waals surface area (Å²) in [6, 6.07) is 0. The van der Waals surface area contributed by atoms with Crippen LogP contribution in [0.5, 0.6) is 0 Å². The topological polar surface area (TPSA) is 179 Å². The minimum Gasteiger partial charge on any atom is -0.462 e. The van der Waals surface area contributed by atoms with E-state index >= 15 is 0 Å². The third-order valence-electron chi connectivity index (χ3n) is 4.14. The van der Waals surface area contributed by atoms with Gasteiger partial charge in [-0.3, -0.25) is 18.9 Å². The van der Waals surface area contributed by atoms with Crippen LogP contribution in [0, 0.1) is 5.92 Å².